The van der Waals surface area contributed by atoms with Crippen LogP contribution in [-0.4, -0.2) is 39.3 Å². The third-order valence-electron chi connectivity index (χ3n) is 4.82. The Labute approximate surface area is 170 Å². The monoisotopic (exact) mass is 419 g/mol. The van der Waals surface area contributed by atoms with Crippen molar-refractivity contribution in [1.82, 2.24) is 14.6 Å². The first-order valence-electron chi connectivity index (χ1n) is 9.43. The molecule has 0 aromatic carbocycles. The first-order chi connectivity index (χ1) is 14.2. The van der Waals surface area contributed by atoms with Gasteiger partial charge in [0.1, 0.15) is 18.4 Å². The highest BCUT2D eigenvalue weighted by atomic mass is 19.4. The predicted octanol–water partition coefficient (Wildman–Crippen LogP) is 3.32. The van der Waals surface area contributed by atoms with E-state index < -0.39 is 18.8 Å². The Balaban J connectivity index is 1.60. The van der Waals surface area contributed by atoms with Crippen LogP contribution in [0.4, 0.5) is 19.0 Å². The Hall–Kier alpha value is -3.14. The van der Waals surface area contributed by atoms with Crippen LogP contribution < -0.4 is 15.8 Å². The minimum Gasteiger partial charge on any atom is -0.489 e. The second kappa shape index (κ2) is 7.60. The number of nitrogens with one attached hydrogen (secondary N) is 1. The van der Waals surface area contributed by atoms with Crippen molar-refractivity contribution in [2.24, 2.45) is 11.7 Å². The maximum atomic E-state index is 12.7. The van der Waals surface area contributed by atoms with Crippen molar-refractivity contribution in [3.63, 3.8) is 0 Å². The van der Waals surface area contributed by atoms with Gasteiger partial charge in [-0.05, 0) is 43.5 Å². The van der Waals surface area contributed by atoms with Gasteiger partial charge in [0.15, 0.2) is 5.82 Å². The fourth-order valence-corrected chi connectivity index (χ4v) is 2.96. The summed E-state index contributed by atoms with van der Waals surface area (Å²) in [7, 11) is 0. The van der Waals surface area contributed by atoms with Gasteiger partial charge >= 0.3 is 6.18 Å². The molecule has 1 aliphatic rings. The number of carbonyl (C=O) groups is 1. The molecule has 1 atom stereocenters. The number of nitrogens with zero attached hydrogens (tertiary/aromatic N) is 3. The van der Waals surface area contributed by atoms with Crippen LogP contribution in [-0.2, 0) is 4.79 Å². The molecular weight excluding hydrogens is 399 g/mol. The Morgan fingerprint density at radius 2 is 2.13 bits per heavy atom. The van der Waals surface area contributed by atoms with E-state index in [4.69, 9.17) is 10.5 Å². The molecule has 4 rings (SSSR count). The summed E-state index contributed by atoms with van der Waals surface area (Å²) in [5.41, 5.74) is 7.84. The largest absolute Gasteiger partial charge is 0.489 e. The second-order valence-electron chi connectivity index (χ2n) is 7.36. The van der Waals surface area contributed by atoms with Crippen molar-refractivity contribution in [3.8, 4) is 16.9 Å². The fourth-order valence-electron chi connectivity index (χ4n) is 2.96. The Morgan fingerprint density at radius 3 is 2.83 bits per heavy atom. The van der Waals surface area contributed by atoms with E-state index in [0.29, 0.717) is 28.2 Å². The lowest BCUT2D eigenvalue weighted by molar-refractivity contribution is -0.153. The number of amides is 1. The molecule has 3 aromatic heterocycles. The molecule has 0 bridgehead atoms. The molecule has 10 heteroatoms. The summed E-state index contributed by atoms with van der Waals surface area (Å²) in [6, 6.07) is 4.94. The number of alkyl halides is 3. The van der Waals surface area contributed by atoms with Crippen LogP contribution in [0.25, 0.3) is 16.6 Å². The van der Waals surface area contributed by atoms with Crippen LogP contribution in [0.1, 0.15) is 18.5 Å². The molecule has 1 amide bonds. The van der Waals surface area contributed by atoms with Gasteiger partial charge in [-0.25, -0.2) is 4.52 Å². The molecule has 30 heavy (non-hydrogen) atoms. The van der Waals surface area contributed by atoms with Crippen molar-refractivity contribution in [3.05, 3.63) is 42.4 Å². The van der Waals surface area contributed by atoms with Gasteiger partial charge in [0, 0.05) is 29.4 Å². The van der Waals surface area contributed by atoms with E-state index in [-0.39, 0.29) is 17.6 Å². The molecule has 3 heterocycles. The third kappa shape index (κ3) is 4.38. The van der Waals surface area contributed by atoms with E-state index >= 15 is 0 Å². The molecule has 158 valence electrons. The topological polar surface area (TPSA) is 94.5 Å². The zero-order valence-corrected chi connectivity index (χ0v) is 16.1. The number of anilines is 1. The standard InChI is InChI=1S/C20H20F3N5O2/c1-11-6-15(16(9-25-11)30-10-17(24)20(21,22)23)13-4-5-28-14(7-13)8-18(27-28)26-19(29)12-2-3-12/h4-9,12,17H,2-3,10,24H2,1H3,(H,26,27,29)/t17-/m1/s1. The molecule has 0 unspecified atom stereocenters. The van der Waals surface area contributed by atoms with Gasteiger partial charge in [0.05, 0.1) is 11.7 Å². The number of aromatic nitrogens is 3. The van der Waals surface area contributed by atoms with Gasteiger partial charge in [-0.3, -0.25) is 9.78 Å². The quantitative estimate of drug-likeness (QED) is 0.639. The number of hydrogen-bond donors (Lipinski definition) is 2. The molecule has 1 aliphatic carbocycles. The van der Waals surface area contributed by atoms with E-state index in [1.165, 1.54) is 6.20 Å². The number of hydrogen-bond acceptors (Lipinski definition) is 5. The SMILES string of the molecule is Cc1cc(-c2ccn3nc(NC(=O)C4CC4)cc3c2)c(OC[C@@H](N)C(F)(F)F)cn1. The zero-order chi connectivity index (χ0) is 21.5. The van der Waals surface area contributed by atoms with Crippen molar-refractivity contribution in [1.29, 1.82) is 0 Å². The maximum Gasteiger partial charge on any atom is 0.406 e. The van der Waals surface area contributed by atoms with Crippen LogP contribution in [0, 0.1) is 12.8 Å². The zero-order valence-electron chi connectivity index (χ0n) is 16.1. The summed E-state index contributed by atoms with van der Waals surface area (Å²) >= 11 is 0. The summed E-state index contributed by atoms with van der Waals surface area (Å²) in [5.74, 6) is 0.669. The molecule has 3 N–H and O–H groups in total. The maximum absolute atomic E-state index is 12.7. The van der Waals surface area contributed by atoms with Crippen LogP contribution in [0.15, 0.2) is 36.7 Å². The summed E-state index contributed by atoms with van der Waals surface area (Å²) in [6.45, 7) is 1.06. The summed E-state index contributed by atoms with van der Waals surface area (Å²) < 4.78 is 45.1. The van der Waals surface area contributed by atoms with Crippen LogP contribution in [0.2, 0.25) is 0 Å². The molecule has 1 fully saturated rings. The van der Waals surface area contributed by atoms with Crippen LogP contribution >= 0.6 is 0 Å². The molecule has 1 saturated carbocycles. The molecule has 3 aromatic rings. The van der Waals surface area contributed by atoms with Gasteiger partial charge in [-0.1, -0.05) is 0 Å². The summed E-state index contributed by atoms with van der Waals surface area (Å²) in [4.78, 5) is 16.1. The minimum atomic E-state index is -4.55. The van der Waals surface area contributed by atoms with E-state index in [9.17, 15) is 18.0 Å². The highest BCUT2D eigenvalue weighted by Crippen LogP contribution is 2.33. The first-order valence-corrected chi connectivity index (χ1v) is 9.43. The van der Waals surface area contributed by atoms with Gasteiger partial charge < -0.3 is 15.8 Å². The molecular formula is C20H20F3N5O2. The number of pyridine rings is 2. The highest BCUT2D eigenvalue weighted by Gasteiger charge is 2.37. The predicted molar refractivity (Wildman–Crippen MR) is 104 cm³/mol. The Kier molecular flexibility index (Phi) is 5.10. The Morgan fingerprint density at radius 1 is 1.37 bits per heavy atom. The lowest BCUT2D eigenvalue weighted by atomic mass is 10.1. The van der Waals surface area contributed by atoms with Gasteiger partial charge in [-0.15, -0.1) is 0 Å². The van der Waals surface area contributed by atoms with Crippen LogP contribution in [0.5, 0.6) is 5.75 Å². The second-order valence-corrected chi connectivity index (χ2v) is 7.36. The normalized spacial score (nSPS) is 15.2. The van der Waals surface area contributed by atoms with E-state index in [1.54, 1.807) is 35.8 Å². The third-order valence-corrected chi connectivity index (χ3v) is 4.82. The van der Waals surface area contributed by atoms with Crippen molar-refractivity contribution in [2.75, 3.05) is 11.9 Å². The number of fused-ring (bicyclic) bond motifs is 1. The average molecular weight is 419 g/mol. The van der Waals surface area contributed by atoms with Gasteiger partial charge in [-0.2, -0.15) is 18.3 Å². The fraction of sp³-hybridized carbons (Fsp3) is 0.350. The van der Waals surface area contributed by atoms with E-state index in [1.807, 2.05) is 6.07 Å². The lowest BCUT2D eigenvalue weighted by Gasteiger charge is -2.18. The first kappa shape index (κ1) is 20.1. The molecule has 0 saturated heterocycles. The minimum absolute atomic E-state index is 0.0416. The van der Waals surface area contributed by atoms with Crippen molar-refractivity contribution in [2.45, 2.75) is 32.0 Å². The number of ether oxygens (including phenoxy) is 1. The van der Waals surface area contributed by atoms with Gasteiger partial charge in [0.25, 0.3) is 0 Å². The number of halogens is 3. The molecule has 0 aliphatic heterocycles. The lowest BCUT2D eigenvalue weighted by Crippen LogP contribution is -2.42. The number of aryl methyl sites for hydroxylation is 1. The average Bonchev–Trinajstić information content (AvgIpc) is 3.46. The summed E-state index contributed by atoms with van der Waals surface area (Å²) in [6.07, 6.45) is 0.335. The smallest absolute Gasteiger partial charge is 0.406 e. The molecule has 0 spiro atoms. The van der Waals surface area contributed by atoms with Crippen LogP contribution in [0.3, 0.4) is 0 Å². The Bertz CT molecular complexity index is 1090. The van der Waals surface area contributed by atoms with E-state index in [0.717, 1.165) is 12.8 Å². The highest BCUT2D eigenvalue weighted by molar-refractivity contribution is 5.93. The van der Waals surface area contributed by atoms with Crippen molar-refractivity contribution < 1.29 is 22.7 Å². The number of rotatable bonds is 6. The molecule has 7 nitrogen and oxygen atoms in total. The van der Waals surface area contributed by atoms with E-state index in [2.05, 4.69) is 15.4 Å². The number of carbonyl (C=O) groups excluding carboxylic acids is 1. The van der Waals surface area contributed by atoms with Crippen molar-refractivity contribution >= 4 is 17.2 Å². The molecule has 0 radical (unpaired) electrons. The summed E-state index contributed by atoms with van der Waals surface area (Å²) in [5, 5.41) is 7.12. The van der Waals surface area contributed by atoms with Gasteiger partial charge in [0.2, 0.25) is 5.91 Å². The number of nitrogens with two attached hydrogens (primary N) is 1.